The van der Waals surface area contributed by atoms with Gasteiger partial charge < -0.3 is 14.0 Å². The van der Waals surface area contributed by atoms with Crippen molar-refractivity contribution in [2.45, 2.75) is 39.5 Å². The van der Waals surface area contributed by atoms with E-state index < -0.39 is 24.8 Å². The van der Waals surface area contributed by atoms with Crippen LogP contribution in [0.25, 0.3) is 0 Å². The van der Waals surface area contributed by atoms with Gasteiger partial charge in [0.1, 0.15) is 5.78 Å². The van der Waals surface area contributed by atoms with Crippen LogP contribution in [0.4, 0.5) is 0 Å². The number of carbonyl (C=O) groups is 3. The number of carbonyl (C=O) groups excluding carboxylic acids is 3. The van der Waals surface area contributed by atoms with E-state index in [1.165, 1.54) is 14.2 Å². The number of hydrogen-bond acceptors (Lipinski definition) is 7. The molecular formula is C16H28NO7P. The Morgan fingerprint density at radius 2 is 1.72 bits per heavy atom. The highest BCUT2D eigenvalue weighted by Gasteiger charge is 2.45. The molecule has 25 heavy (non-hydrogen) atoms. The summed E-state index contributed by atoms with van der Waals surface area (Å²) in [4.78, 5) is 34.9. The zero-order chi connectivity index (χ0) is 19.1. The fraction of sp³-hybridized carbons (Fsp3) is 0.812. The second-order valence-electron chi connectivity index (χ2n) is 6.80. The van der Waals surface area contributed by atoms with Crippen molar-refractivity contribution in [3.05, 3.63) is 0 Å². The third-order valence-corrected chi connectivity index (χ3v) is 6.44. The molecule has 0 aromatic rings. The van der Waals surface area contributed by atoms with E-state index in [0.29, 0.717) is 6.42 Å². The first kappa shape index (κ1) is 21.8. The number of rotatable bonds is 9. The molecule has 1 aliphatic heterocycles. The fourth-order valence-corrected chi connectivity index (χ4v) is 5.17. The maximum atomic E-state index is 12.8. The smallest absolute Gasteiger partial charge is 0.306 e. The van der Waals surface area contributed by atoms with E-state index in [1.54, 1.807) is 0 Å². The summed E-state index contributed by atoms with van der Waals surface area (Å²) in [5.74, 6) is -1.23. The number of nitrogens with one attached hydrogen (secondary N) is 1. The largest absolute Gasteiger partial charge is 0.469 e. The van der Waals surface area contributed by atoms with Gasteiger partial charge in [-0.05, 0) is 11.8 Å². The van der Waals surface area contributed by atoms with Crippen molar-refractivity contribution in [2.24, 2.45) is 11.3 Å². The summed E-state index contributed by atoms with van der Waals surface area (Å²) in [5, 5.41) is 2.78. The molecule has 0 radical (unpaired) electrons. The zero-order valence-electron chi connectivity index (χ0n) is 15.3. The summed E-state index contributed by atoms with van der Waals surface area (Å²) < 4.78 is 27.4. The number of ketones is 1. The van der Waals surface area contributed by atoms with Crippen molar-refractivity contribution >= 4 is 25.2 Å². The summed E-state index contributed by atoms with van der Waals surface area (Å²) in [6, 6.07) is 0. The maximum absolute atomic E-state index is 12.8. The van der Waals surface area contributed by atoms with Crippen molar-refractivity contribution in [3.8, 4) is 0 Å². The van der Waals surface area contributed by atoms with Crippen molar-refractivity contribution in [3.63, 3.8) is 0 Å². The van der Waals surface area contributed by atoms with Gasteiger partial charge in [0.2, 0.25) is 0 Å². The molecule has 1 rings (SSSR count). The molecule has 0 spiro atoms. The van der Waals surface area contributed by atoms with Crippen LogP contribution in [0, 0.1) is 11.3 Å². The highest BCUT2D eigenvalue weighted by molar-refractivity contribution is 7.57. The lowest BCUT2D eigenvalue weighted by Gasteiger charge is -2.41. The first-order chi connectivity index (χ1) is 11.6. The molecule has 0 saturated carbocycles. The molecule has 1 saturated heterocycles. The lowest BCUT2D eigenvalue weighted by atomic mass is 9.77. The maximum Gasteiger partial charge on any atom is 0.306 e. The number of methoxy groups -OCH3 is 2. The number of hydrogen-bond donors (Lipinski definition) is 1. The molecular weight excluding hydrogens is 349 g/mol. The minimum Gasteiger partial charge on any atom is -0.469 e. The number of Topliss-reactive ketones (excluding diaryl/α,β-unsaturated/α-hetero) is 1. The van der Waals surface area contributed by atoms with Crippen LogP contribution in [0.2, 0.25) is 0 Å². The van der Waals surface area contributed by atoms with Gasteiger partial charge >= 0.3 is 11.9 Å². The van der Waals surface area contributed by atoms with E-state index in [9.17, 15) is 18.9 Å². The fourth-order valence-electron chi connectivity index (χ4n) is 2.67. The Morgan fingerprint density at radius 3 is 2.32 bits per heavy atom. The Labute approximate surface area is 148 Å². The molecule has 144 valence electrons. The molecule has 2 atom stereocenters. The Balaban J connectivity index is 2.63. The van der Waals surface area contributed by atoms with E-state index in [-0.39, 0.29) is 50.3 Å². The van der Waals surface area contributed by atoms with Crippen LogP contribution in [0.1, 0.15) is 39.5 Å². The van der Waals surface area contributed by atoms with Crippen LogP contribution in [-0.4, -0.2) is 51.3 Å². The molecule has 1 fully saturated rings. The number of esters is 2. The van der Waals surface area contributed by atoms with Crippen LogP contribution in [0.3, 0.4) is 0 Å². The van der Waals surface area contributed by atoms with E-state index in [0.717, 1.165) is 0 Å². The summed E-state index contributed by atoms with van der Waals surface area (Å²) in [6.45, 7) is 4.14. The van der Waals surface area contributed by atoms with Gasteiger partial charge in [-0.25, -0.2) is 5.09 Å². The summed E-state index contributed by atoms with van der Waals surface area (Å²) in [6.07, 6.45) is 0.967. The van der Waals surface area contributed by atoms with Crippen molar-refractivity contribution in [1.82, 2.24) is 5.09 Å². The van der Waals surface area contributed by atoms with Crippen LogP contribution in [-0.2, 0) is 32.9 Å². The normalized spacial score (nSPS) is 25.2. The third kappa shape index (κ3) is 6.88. The minimum atomic E-state index is -3.20. The van der Waals surface area contributed by atoms with E-state index >= 15 is 0 Å². The topological polar surface area (TPSA) is 108 Å². The summed E-state index contributed by atoms with van der Waals surface area (Å²) >= 11 is 0. The Morgan fingerprint density at radius 1 is 1.12 bits per heavy atom. The van der Waals surface area contributed by atoms with Gasteiger partial charge in [-0.3, -0.25) is 18.9 Å². The van der Waals surface area contributed by atoms with Gasteiger partial charge in [-0.1, -0.05) is 13.8 Å². The highest BCUT2D eigenvalue weighted by atomic mass is 31.2. The monoisotopic (exact) mass is 377 g/mol. The Hall–Kier alpha value is -1.24. The Bertz CT molecular complexity index is 547. The minimum absolute atomic E-state index is 0.0350. The second-order valence-corrected chi connectivity index (χ2v) is 9.09. The first-order valence-electron chi connectivity index (χ1n) is 8.28. The molecule has 0 aromatic heterocycles. The van der Waals surface area contributed by atoms with Gasteiger partial charge in [0, 0.05) is 31.5 Å². The van der Waals surface area contributed by atoms with Crippen molar-refractivity contribution in [2.75, 3.05) is 33.5 Å². The SMILES string of the molecule is COC(=O)CCCC(=O)[C@@H]1C[P@](=O)(NCCC(=O)OC)OCC1(C)C. The summed E-state index contributed by atoms with van der Waals surface area (Å²) in [7, 11) is -0.605. The van der Waals surface area contributed by atoms with Crippen molar-refractivity contribution < 1.29 is 32.9 Å². The molecule has 0 amide bonds. The van der Waals surface area contributed by atoms with Gasteiger partial charge in [-0.2, -0.15) is 0 Å². The molecule has 0 aromatic carbocycles. The van der Waals surface area contributed by atoms with Crippen LogP contribution in [0.15, 0.2) is 0 Å². The summed E-state index contributed by atoms with van der Waals surface area (Å²) in [5.41, 5.74) is -0.444. The lowest BCUT2D eigenvalue weighted by molar-refractivity contribution is -0.141. The lowest BCUT2D eigenvalue weighted by Crippen LogP contribution is -2.43. The van der Waals surface area contributed by atoms with Crippen LogP contribution in [0.5, 0.6) is 0 Å². The number of ether oxygens (including phenoxy) is 2. The molecule has 0 aliphatic carbocycles. The van der Waals surface area contributed by atoms with Gasteiger partial charge in [-0.15, -0.1) is 0 Å². The van der Waals surface area contributed by atoms with E-state index in [4.69, 9.17) is 4.52 Å². The highest BCUT2D eigenvalue weighted by Crippen LogP contribution is 2.53. The molecule has 8 nitrogen and oxygen atoms in total. The van der Waals surface area contributed by atoms with Gasteiger partial charge in [0.05, 0.1) is 27.2 Å². The van der Waals surface area contributed by atoms with Crippen molar-refractivity contribution in [1.29, 1.82) is 0 Å². The molecule has 0 unspecified atom stereocenters. The van der Waals surface area contributed by atoms with Crippen LogP contribution < -0.4 is 5.09 Å². The Kier molecular flexibility index (Phi) is 8.25. The van der Waals surface area contributed by atoms with Gasteiger partial charge in [0.25, 0.3) is 7.52 Å². The van der Waals surface area contributed by atoms with E-state index in [2.05, 4.69) is 14.6 Å². The second kappa shape index (κ2) is 9.46. The standard InChI is InChI=1S/C16H28NO7P/c1-16(2)11-24-25(21,17-9-8-15(20)23-4)10-12(16)13(18)6-5-7-14(19)22-3/h12H,5-11H2,1-4H3,(H,17,21)/t12-,25+/m0/s1. The predicted molar refractivity (Wildman–Crippen MR) is 91.2 cm³/mol. The van der Waals surface area contributed by atoms with Crippen LogP contribution >= 0.6 is 7.52 Å². The average Bonchev–Trinajstić information content (AvgIpc) is 2.56. The molecule has 1 N–H and O–H groups in total. The molecule has 0 bridgehead atoms. The quantitative estimate of drug-likeness (QED) is 0.480. The van der Waals surface area contributed by atoms with Gasteiger partial charge in [0.15, 0.2) is 0 Å². The zero-order valence-corrected chi connectivity index (χ0v) is 16.2. The molecule has 9 heteroatoms. The van der Waals surface area contributed by atoms with E-state index in [1.807, 2.05) is 13.8 Å². The first-order valence-corrected chi connectivity index (χ1v) is 10.1. The molecule has 1 heterocycles. The predicted octanol–water partition coefficient (Wildman–Crippen LogP) is 1.92. The average molecular weight is 377 g/mol. The molecule has 1 aliphatic rings. The third-order valence-electron chi connectivity index (χ3n) is 4.34.